The Bertz CT molecular complexity index is 874. The lowest BCUT2D eigenvalue weighted by atomic mass is 9.78. The Labute approximate surface area is 198 Å². The van der Waals surface area contributed by atoms with Gasteiger partial charge in [0.2, 0.25) is 0 Å². The molecule has 2 atom stereocenters. The van der Waals surface area contributed by atoms with Crippen LogP contribution >= 0.6 is 0 Å². The summed E-state index contributed by atoms with van der Waals surface area (Å²) >= 11 is 0. The van der Waals surface area contributed by atoms with E-state index in [0.29, 0.717) is 11.7 Å². The van der Waals surface area contributed by atoms with E-state index in [9.17, 15) is 4.79 Å². The minimum Gasteiger partial charge on any atom is -0.300 e. The van der Waals surface area contributed by atoms with E-state index in [-0.39, 0.29) is 11.3 Å². The lowest BCUT2D eigenvalue weighted by molar-refractivity contribution is -0.122. The van der Waals surface area contributed by atoms with Gasteiger partial charge in [-0.05, 0) is 63.0 Å². The second-order valence-electron chi connectivity index (χ2n) is 9.80. The molecule has 2 unspecified atom stereocenters. The van der Waals surface area contributed by atoms with Crippen molar-refractivity contribution < 1.29 is 4.79 Å². The summed E-state index contributed by atoms with van der Waals surface area (Å²) in [6, 6.07) is 16.8. The predicted molar refractivity (Wildman–Crippen MR) is 140 cm³/mol. The number of benzene rings is 2. The highest BCUT2D eigenvalue weighted by Crippen LogP contribution is 2.31. The molecule has 32 heavy (non-hydrogen) atoms. The van der Waals surface area contributed by atoms with Gasteiger partial charge in [0.15, 0.2) is 0 Å². The van der Waals surface area contributed by atoms with Gasteiger partial charge in [0.1, 0.15) is 5.78 Å². The van der Waals surface area contributed by atoms with E-state index in [2.05, 4.69) is 76.8 Å². The molecule has 0 amide bonds. The number of carbonyl (C=O) groups excluding carboxylic acids is 1. The van der Waals surface area contributed by atoms with Crippen LogP contribution < -0.4 is 0 Å². The lowest BCUT2D eigenvalue weighted by Gasteiger charge is -2.26. The molecule has 1 fully saturated rings. The van der Waals surface area contributed by atoms with E-state index < -0.39 is 0 Å². The number of hydrogen-bond donors (Lipinski definition) is 0. The molecule has 0 saturated heterocycles. The van der Waals surface area contributed by atoms with Gasteiger partial charge < -0.3 is 0 Å². The van der Waals surface area contributed by atoms with E-state index in [0.717, 1.165) is 24.8 Å². The molecule has 0 spiro atoms. The van der Waals surface area contributed by atoms with Gasteiger partial charge in [0, 0.05) is 17.9 Å². The minimum absolute atomic E-state index is 0.112. The third-order valence-electron chi connectivity index (χ3n) is 5.90. The summed E-state index contributed by atoms with van der Waals surface area (Å²) in [5, 5.41) is 0. The van der Waals surface area contributed by atoms with Crippen LogP contribution in [-0.4, -0.2) is 5.78 Å². The van der Waals surface area contributed by atoms with E-state index >= 15 is 0 Å². The first-order valence-electron chi connectivity index (χ1n) is 12.3. The molecule has 0 aromatic heterocycles. The van der Waals surface area contributed by atoms with E-state index in [1.165, 1.54) is 29.5 Å². The maximum Gasteiger partial charge on any atom is 0.132 e. The largest absolute Gasteiger partial charge is 0.300 e. The van der Waals surface area contributed by atoms with Crippen molar-refractivity contribution in [3.8, 4) is 11.8 Å². The highest BCUT2D eigenvalue weighted by Gasteiger charge is 2.24. The highest BCUT2D eigenvalue weighted by atomic mass is 16.1. The Kier molecular flexibility index (Phi) is 12.1. The normalized spacial score (nSPS) is 17.5. The number of carbonyl (C=O) groups is 1. The first-order valence-corrected chi connectivity index (χ1v) is 12.3. The zero-order valence-electron chi connectivity index (χ0n) is 21.7. The van der Waals surface area contributed by atoms with Crippen molar-refractivity contribution in [1.82, 2.24) is 0 Å². The van der Waals surface area contributed by atoms with Gasteiger partial charge in [-0.3, -0.25) is 4.79 Å². The highest BCUT2D eigenvalue weighted by molar-refractivity contribution is 5.78. The van der Waals surface area contributed by atoms with E-state index in [1.807, 2.05) is 32.0 Å². The van der Waals surface area contributed by atoms with Crippen LogP contribution in [0.3, 0.4) is 0 Å². The third kappa shape index (κ3) is 9.86. The summed E-state index contributed by atoms with van der Waals surface area (Å²) in [6.45, 7) is 16.7. The van der Waals surface area contributed by atoms with Gasteiger partial charge >= 0.3 is 0 Å². The van der Waals surface area contributed by atoms with Gasteiger partial charge in [-0.15, -0.1) is 0 Å². The van der Waals surface area contributed by atoms with Crippen LogP contribution in [0.5, 0.6) is 0 Å². The molecule has 1 saturated carbocycles. The Hall–Kier alpha value is -2.33. The molecule has 0 aliphatic heterocycles. The number of hydrogen-bond acceptors (Lipinski definition) is 1. The van der Waals surface area contributed by atoms with Crippen molar-refractivity contribution in [2.24, 2.45) is 11.8 Å². The number of rotatable bonds is 2. The molecule has 1 nitrogen and oxygen atoms in total. The summed E-state index contributed by atoms with van der Waals surface area (Å²) in [7, 11) is 0. The van der Waals surface area contributed by atoms with Gasteiger partial charge in [0.05, 0.1) is 0 Å². The maximum atomic E-state index is 11.6. The molecule has 174 valence electrons. The molecule has 2 aromatic carbocycles. The molecule has 1 aliphatic carbocycles. The zero-order valence-corrected chi connectivity index (χ0v) is 21.7. The van der Waals surface area contributed by atoms with Crippen molar-refractivity contribution >= 4 is 5.78 Å². The van der Waals surface area contributed by atoms with Crippen LogP contribution in [0.15, 0.2) is 48.5 Å². The van der Waals surface area contributed by atoms with Crippen LogP contribution in [0.4, 0.5) is 0 Å². The molecular weight excluding hydrogens is 388 g/mol. The molecule has 0 bridgehead atoms. The number of Topliss-reactive ketones (excluding diaryl/α,β-unsaturated/α-hetero) is 1. The fraction of sp³-hybridized carbons (Fsp3) is 0.516. The quantitative estimate of drug-likeness (QED) is 0.435. The van der Waals surface area contributed by atoms with Gasteiger partial charge in [-0.1, -0.05) is 106 Å². The smallest absolute Gasteiger partial charge is 0.132 e. The van der Waals surface area contributed by atoms with Crippen LogP contribution in [0.25, 0.3) is 0 Å². The maximum absolute atomic E-state index is 11.6. The average Bonchev–Trinajstić information content (AvgIpc) is 2.77. The molecule has 1 aliphatic rings. The van der Waals surface area contributed by atoms with E-state index in [4.69, 9.17) is 0 Å². The fourth-order valence-corrected chi connectivity index (χ4v) is 4.06. The Morgan fingerprint density at radius 3 is 2.16 bits per heavy atom. The second kappa shape index (κ2) is 13.9. The van der Waals surface area contributed by atoms with Crippen LogP contribution in [-0.2, 0) is 10.2 Å². The molecule has 0 heterocycles. The molecule has 1 heteroatoms. The van der Waals surface area contributed by atoms with Gasteiger partial charge in [-0.2, -0.15) is 0 Å². The number of ketones is 1. The third-order valence-corrected chi connectivity index (χ3v) is 5.90. The zero-order chi connectivity index (χ0) is 24.1. The SMILES string of the molecule is CC.CC(=O)C1CCCC(CC#Cc2ccc(C)cc2C(C)(C)C)C1.Cc1ccccc1. The first-order chi connectivity index (χ1) is 15.2. The Morgan fingerprint density at radius 1 is 0.969 bits per heavy atom. The monoisotopic (exact) mass is 432 g/mol. The minimum atomic E-state index is 0.112. The Balaban J connectivity index is 0.000000477. The van der Waals surface area contributed by atoms with Crippen molar-refractivity contribution in [3.63, 3.8) is 0 Å². The van der Waals surface area contributed by atoms with Crippen LogP contribution in [0, 0.1) is 37.5 Å². The molecule has 2 aromatic rings. The van der Waals surface area contributed by atoms with Gasteiger partial charge in [-0.25, -0.2) is 0 Å². The molecule has 0 N–H and O–H groups in total. The standard InChI is InChI=1S/C22H30O.C7H8.C2H6/c1-16-12-13-19(21(14-16)22(3,4)5)10-6-8-18-9-7-11-20(15-18)17(2)23;1-7-5-3-2-4-6-7;1-2/h12-14,18,20H,7-9,11,15H2,1-5H3;2-6H,1H3;1-2H3. The number of aryl methyl sites for hydroxylation is 2. The molecule has 3 rings (SSSR count). The Morgan fingerprint density at radius 2 is 1.62 bits per heavy atom. The van der Waals surface area contributed by atoms with Crippen LogP contribution in [0.2, 0.25) is 0 Å². The van der Waals surface area contributed by atoms with Crippen molar-refractivity contribution in [2.75, 3.05) is 0 Å². The van der Waals surface area contributed by atoms with Gasteiger partial charge in [0.25, 0.3) is 0 Å². The summed E-state index contributed by atoms with van der Waals surface area (Å²) in [5.41, 5.74) is 5.21. The summed E-state index contributed by atoms with van der Waals surface area (Å²) in [4.78, 5) is 11.6. The average molecular weight is 433 g/mol. The molecule has 0 radical (unpaired) electrons. The fourth-order valence-electron chi connectivity index (χ4n) is 4.06. The summed E-state index contributed by atoms with van der Waals surface area (Å²) < 4.78 is 0. The van der Waals surface area contributed by atoms with Crippen LogP contribution in [0.1, 0.15) is 95.9 Å². The molecular formula is C31H44O. The van der Waals surface area contributed by atoms with E-state index in [1.54, 1.807) is 6.92 Å². The summed E-state index contributed by atoms with van der Waals surface area (Å²) in [5.74, 6) is 8.03. The topological polar surface area (TPSA) is 17.1 Å². The summed E-state index contributed by atoms with van der Waals surface area (Å²) in [6.07, 6.45) is 5.42. The second-order valence-corrected chi connectivity index (χ2v) is 9.80. The first kappa shape index (κ1) is 27.7. The van der Waals surface area contributed by atoms with Crippen molar-refractivity contribution in [3.05, 3.63) is 70.8 Å². The van der Waals surface area contributed by atoms with Crippen molar-refractivity contribution in [1.29, 1.82) is 0 Å². The predicted octanol–water partition coefficient (Wildman–Crippen LogP) is 8.45. The lowest BCUT2D eigenvalue weighted by Crippen LogP contribution is -2.20. The van der Waals surface area contributed by atoms with Crippen molar-refractivity contribution in [2.45, 2.75) is 92.9 Å².